The topological polar surface area (TPSA) is 86.1 Å². The molecule has 2 atom stereocenters. The molecule has 1 aromatic heterocycles. The van der Waals surface area contributed by atoms with E-state index in [-0.39, 0.29) is 5.91 Å². The zero-order valence-corrected chi connectivity index (χ0v) is 22.1. The number of pyridine rings is 1. The van der Waals surface area contributed by atoms with Gasteiger partial charge in [0, 0.05) is 37.0 Å². The SMILES string of the molecule is C[C@@H](N1CN([C@H]2c3ccccc3CSc3c(C(=O)N(C)C)cccc32)n2ccc(=O)c(O)c2C1=O)C(F)(F)F. The van der Waals surface area contributed by atoms with Crippen molar-refractivity contribution in [3.8, 4) is 5.75 Å². The lowest BCUT2D eigenvalue weighted by Gasteiger charge is -2.46. The number of fused-ring (bicyclic) bond motifs is 3. The number of nitrogens with zero attached hydrogens (tertiary/aromatic N) is 4. The number of alkyl halides is 3. The molecule has 0 bridgehead atoms. The molecule has 1 N–H and O–H groups in total. The number of carbonyl (C=O) groups excluding carboxylic acids is 2. The highest BCUT2D eigenvalue weighted by atomic mass is 32.2. The zero-order chi connectivity index (χ0) is 28.2. The van der Waals surface area contributed by atoms with Crippen molar-refractivity contribution in [3.63, 3.8) is 0 Å². The zero-order valence-electron chi connectivity index (χ0n) is 21.3. The second-order valence-corrected chi connectivity index (χ2v) is 10.6. The molecule has 2 aliphatic heterocycles. The van der Waals surface area contributed by atoms with Gasteiger partial charge in [-0.15, -0.1) is 11.8 Å². The lowest BCUT2D eigenvalue weighted by molar-refractivity contribution is -0.173. The first-order valence-corrected chi connectivity index (χ1v) is 13.0. The molecule has 2 aromatic carbocycles. The number of amides is 2. The highest BCUT2D eigenvalue weighted by molar-refractivity contribution is 7.98. The minimum Gasteiger partial charge on any atom is -0.502 e. The number of hydrogen-bond donors (Lipinski definition) is 1. The average molecular weight is 559 g/mol. The highest BCUT2D eigenvalue weighted by Gasteiger charge is 2.47. The van der Waals surface area contributed by atoms with Gasteiger partial charge < -0.3 is 14.9 Å². The maximum absolute atomic E-state index is 13.9. The Labute approximate surface area is 226 Å². The Kier molecular flexibility index (Phi) is 6.61. The molecular weight excluding hydrogens is 533 g/mol. The molecule has 0 radical (unpaired) electrons. The lowest BCUT2D eigenvalue weighted by atomic mass is 9.93. The molecular formula is C27H25F3N4O4S. The predicted molar refractivity (Wildman–Crippen MR) is 139 cm³/mol. The molecule has 3 aromatic rings. The molecule has 3 heterocycles. The Hall–Kier alpha value is -3.93. The summed E-state index contributed by atoms with van der Waals surface area (Å²) in [6, 6.07) is 10.7. The van der Waals surface area contributed by atoms with Crippen LogP contribution in [0.1, 0.15) is 50.5 Å². The predicted octanol–water partition coefficient (Wildman–Crippen LogP) is 3.95. The van der Waals surface area contributed by atoms with Crippen LogP contribution in [0.2, 0.25) is 0 Å². The van der Waals surface area contributed by atoms with Crippen LogP contribution in [0.15, 0.2) is 64.4 Å². The van der Waals surface area contributed by atoms with E-state index in [1.165, 1.54) is 32.5 Å². The van der Waals surface area contributed by atoms with E-state index in [4.69, 9.17) is 0 Å². The van der Waals surface area contributed by atoms with Gasteiger partial charge in [0.25, 0.3) is 11.8 Å². The average Bonchev–Trinajstić information content (AvgIpc) is 3.06. The number of benzene rings is 2. The van der Waals surface area contributed by atoms with Crippen LogP contribution >= 0.6 is 11.8 Å². The summed E-state index contributed by atoms with van der Waals surface area (Å²) < 4.78 is 43.0. The summed E-state index contributed by atoms with van der Waals surface area (Å²) in [6.45, 7) is 0.367. The minimum atomic E-state index is -4.76. The standard InChI is InChI=1S/C27H25F3N4O4S/c1-15(27(28,29)30)32-14-34(33-12-11-20(35)23(36)22(33)26(32)38)21-17-8-5-4-7-16(17)13-39-24-18(21)9-6-10-19(24)25(37)31(2)3/h4-12,15,21,36H,13-14H2,1-3H3/t15-,21+/m1/s1. The van der Waals surface area contributed by atoms with Gasteiger partial charge in [-0.05, 0) is 29.7 Å². The van der Waals surface area contributed by atoms with Gasteiger partial charge >= 0.3 is 6.18 Å². The van der Waals surface area contributed by atoms with Crippen LogP contribution in [0.4, 0.5) is 13.2 Å². The number of aromatic hydroxyl groups is 1. The van der Waals surface area contributed by atoms with Crippen LogP contribution in [-0.4, -0.2) is 64.4 Å². The molecule has 0 unspecified atom stereocenters. The summed E-state index contributed by atoms with van der Waals surface area (Å²) in [5.41, 5.74) is 1.31. The fourth-order valence-corrected chi connectivity index (χ4v) is 6.17. The Bertz CT molecular complexity index is 1540. The smallest absolute Gasteiger partial charge is 0.408 e. The van der Waals surface area contributed by atoms with Gasteiger partial charge in [0.1, 0.15) is 12.7 Å². The summed E-state index contributed by atoms with van der Waals surface area (Å²) in [5, 5.41) is 12.1. The molecule has 0 aliphatic carbocycles. The van der Waals surface area contributed by atoms with Crippen LogP contribution in [0, 0.1) is 0 Å². The Morgan fingerprint density at radius 1 is 1.08 bits per heavy atom. The van der Waals surface area contributed by atoms with Crippen molar-refractivity contribution < 1.29 is 27.9 Å². The molecule has 12 heteroatoms. The number of halogens is 3. The third-order valence-electron chi connectivity index (χ3n) is 7.03. The molecule has 0 fully saturated rings. The first-order chi connectivity index (χ1) is 18.4. The van der Waals surface area contributed by atoms with Crippen molar-refractivity contribution in [1.82, 2.24) is 14.5 Å². The molecule has 2 aliphatic rings. The van der Waals surface area contributed by atoms with Crippen LogP contribution < -0.4 is 10.4 Å². The maximum atomic E-state index is 13.9. The Balaban J connectivity index is 1.80. The van der Waals surface area contributed by atoms with Crippen molar-refractivity contribution in [2.75, 3.05) is 25.8 Å². The fourth-order valence-electron chi connectivity index (χ4n) is 4.95. The third-order valence-corrected chi connectivity index (χ3v) is 8.23. The minimum absolute atomic E-state index is 0.230. The third kappa shape index (κ3) is 4.42. The van der Waals surface area contributed by atoms with Crippen molar-refractivity contribution in [2.45, 2.75) is 35.8 Å². The molecule has 39 heavy (non-hydrogen) atoms. The van der Waals surface area contributed by atoms with Gasteiger partial charge in [-0.3, -0.25) is 24.1 Å². The number of thioether (sulfide) groups is 1. The van der Waals surface area contributed by atoms with Crippen molar-refractivity contribution in [3.05, 3.63) is 92.9 Å². The maximum Gasteiger partial charge on any atom is 0.408 e. The van der Waals surface area contributed by atoms with Gasteiger partial charge in [0.05, 0.1) is 11.6 Å². The van der Waals surface area contributed by atoms with Gasteiger partial charge in [0.2, 0.25) is 5.43 Å². The fraction of sp³-hybridized carbons (Fsp3) is 0.296. The Morgan fingerprint density at radius 2 is 1.77 bits per heavy atom. The van der Waals surface area contributed by atoms with E-state index in [0.29, 0.717) is 26.7 Å². The molecule has 0 saturated carbocycles. The van der Waals surface area contributed by atoms with E-state index in [1.54, 1.807) is 32.3 Å². The molecule has 8 nitrogen and oxygen atoms in total. The number of aromatic nitrogens is 1. The lowest BCUT2D eigenvalue weighted by Crippen LogP contribution is -2.60. The number of hydrogen-bond acceptors (Lipinski definition) is 6. The monoisotopic (exact) mass is 558 g/mol. The van der Waals surface area contributed by atoms with E-state index in [9.17, 15) is 32.7 Å². The largest absolute Gasteiger partial charge is 0.502 e. The van der Waals surface area contributed by atoms with Gasteiger partial charge in [-0.2, -0.15) is 13.2 Å². The first kappa shape index (κ1) is 26.7. The summed E-state index contributed by atoms with van der Waals surface area (Å²) in [5.74, 6) is -1.78. The van der Waals surface area contributed by atoms with Crippen molar-refractivity contribution in [2.24, 2.45) is 0 Å². The summed E-state index contributed by atoms with van der Waals surface area (Å²) in [6.07, 6.45) is -3.48. The molecule has 2 amide bonds. The van der Waals surface area contributed by atoms with E-state index in [1.807, 2.05) is 24.3 Å². The second-order valence-electron chi connectivity index (χ2n) is 9.61. The Morgan fingerprint density at radius 3 is 2.46 bits per heavy atom. The van der Waals surface area contributed by atoms with E-state index in [2.05, 4.69) is 0 Å². The number of carbonyl (C=O) groups is 2. The van der Waals surface area contributed by atoms with E-state index in [0.717, 1.165) is 24.1 Å². The van der Waals surface area contributed by atoms with Crippen LogP contribution in [-0.2, 0) is 5.75 Å². The van der Waals surface area contributed by atoms with E-state index < -0.39 is 47.7 Å². The summed E-state index contributed by atoms with van der Waals surface area (Å²) in [4.78, 5) is 41.4. The number of rotatable bonds is 3. The van der Waals surface area contributed by atoms with Crippen molar-refractivity contribution >= 4 is 23.6 Å². The van der Waals surface area contributed by atoms with Crippen molar-refractivity contribution in [1.29, 1.82) is 0 Å². The quantitative estimate of drug-likeness (QED) is 0.524. The second kappa shape index (κ2) is 9.67. The van der Waals surface area contributed by atoms with E-state index >= 15 is 0 Å². The molecule has 0 spiro atoms. The molecule has 0 saturated heterocycles. The summed E-state index contributed by atoms with van der Waals surface area (Å²) >= 11 is 1.45. The van der Waals surface area contributed by atoms with Crippen LogP contribution in [0.3, 0.4) is 0 Å². The highest BCUT2D eigenvalue weighted by Crippen LogP contribution is 2.45. The summed E-state index contributed by atoms with van der Waals surface area (Å²) in [7, 11) is 3.27. The van der Waals surface area contributed by atoms with Crippen LogP contribution in [0.25, 0.3) is 0 Å². The molecule has 204 valence electrons. The van der Waals surface area contributed by atoms with Crippen LogP contribution in [0.5, 0.6) is 5.75 Å². The normalized spacial score (nSPS) is 17.6. The molecule has 5 rings (SSSR count). The van der Waals surface area contributed by atoms with Gasteiger partial charge in [-0.25, -0.2) is 0 Å². The van der Waals surface area contributed by atoms with Gasteiger partial charge in [0.15, 0.2) is 11.4 Å². The van der Waals surface area contributed by atoms with Gasteiger partial charge in [-0.1, -0.05) is 36.4 Å². The first-order valence-electron chi connectivity index (χ1n) is 12.1.